The first-order valence-electron chi connectivity index (χ1n) is 12.5. The molecule has 0 saturated carbocycles. The number of carbonyl (C=O) groups excluding carboxylic acids is 1. The third-order valence-electron chi connectivity index (χ3n) is 6.18. The molecular weight excluding hydrogens is 548 g/mol. The topological polar surface area (TPSA) is 130 Å². The fourth-order valence-corrected chi connectivity index (χ4v) is 6.30. The van der Waals surface area contributed by atoms with Gasteiger partial charge >= 0.3 is 0 Å². The van der Waals surface area contributed by atoms with E-state index in [1.54, 1.807) is 19.9 Å². The normalized spacial score (nSPS) is 11.6. The molecule has 2 N–H and O–H groups in total. The summed E-state index contributed by atoms with van der Waals surface area (Å²) in [6.45, 7) is 4.24. The van der Waals surface area contributed by atoms with Gasteiger partial charge < -0.3 is 5.32 Å². The summed E-state index contributed by atoms with van der Waals surface area (Å²) in [6, 6.07) is 21.9. The number of H-pyrrole nitrogens is 1. The molecule has 3 heterocycles. The van der Waals surface area contributed by atoms with Gasteiger partial charge in [-0.25, -0.2) is 13.4 Å². The summed E-state index contributed by atoms with van der Waals surface area (Å²) in [4.78, 5) is 34.1. The van der Waals surface area contributed by atoms with Crippen molar-refractivity contribution in [3.05, 3.63) is 100 Å². The number of aromatic amines is 1. The Bertz CT molecular complexity index is 1790. The van der Waals surface area contributed by atoms with Gasteiger partial charge in [0.1, 0.15) is 11.5 Å². The van der Waals surface area contributed by atoms with Crippen LogP contribution in [-0.4, -0.2) is 51.5 Å². The maximum atomic E-state index is 13.3. The fourth-order valence-electron chi connectivity index (χ4n) is 4.16. The number of hydrogen-bond donors (Lipinski definition) is 2. The maximum Gasteiger partial charge on any atom is 0.256 e. The highest BCUT2D eigenvalue weighted by molar-refractivity contribution is 7.89. The number of anilines is 1. The Balaban J connectivity index is 1.50. The summed E-state index contributed by atoms with van der Waals surface area (Å²) in [5.41, 5.74) is 1.67. The number of sulfonamides is 1. The van der Waals surface area contributed by atoms with Crippen LogP contribution in [0.25, 0.3) is 27.8 Å². The van der Waals surface area contributed by atoms with E-state index in [0.717, 1.165) is 10.4 Å². The van der Waals surface area contributed by atoms with Crippen molar-refractivity contribution >= 4 is 33.1 Å². The van der Waals surface area contributed by atoms with E-state index in [0.29, 0.717) is 24.5 Å². The minimum Gasteiger partial charge on any atom is -0.306 e. The first-order valence-corrected chi connectivity index (χ1v) is 14.8. The summed E-state index contributed by atoms with van der Waals surface area (Å²) >= 11 is 1.48. The van der Waals surface area contributed by atoms with E-state index >= 15 is 0 Å². The molecule has 0 aliphatic rings. The van der Waals surface area contributed by atoms with E-state index in [2.05, 4.69) is 20.4 Å². The van der Waals surface area contributed by atoms with Crippen molar-refractivity contribution in [2.45, 2.75) is 18.7 Å². The highest BCUT2D eigenvalue weighted by Crippen LogP contribution is 2.28. The number of carbonyl (C=O) groups is 1. The highest BCUT2D eigenvalue weighted by Gasteiger charge is 2.22. The summed E-state index contributed by atoms with van der Waals surface area (Å²) in [6.07, 6.45) is 0. The van der Waals surface area contributed by atoms with Gasteiger partial charge in [-0.1, -0.05) is 50.2 Å². The van der Waals surface area contributed by atoms with Gasteiger partial charge in [-0.05, 0) is 35.7 Å². The molecule has 5 aromatic rings. The summed E-state index contributed by atoms with van der Waals surface area (Å²) < 4.78 is 28.4. The smallest absolute Gasteiger partial charge is 0.256 e. The van der Waals surface area contributed by atoms with Crippen molar-refractivity contribution in [1.29, 1.82) is 0 Å². The van der Waals surface area contributed by atoms with Gasteiger partial charge in [0, 0.05) is 36.3 Å². The minimum absolute atomic E-state index is 0.109. The molecule has 2 aromatic carbocycles. The van der Waals surface area contributed by atoms with Crippen molar-refractivity contribution in [3.63, 3.8) is 0 Å². The van der Waals surface area contributed by atoms with Crippen molar-refractivity contribution in [3.8, 4) is 27.8 Å². The lowest BCUT2D eigenvalue weighted by atomic mass is 10.1. The quantitative estimate of drug-likeness (QED) is 0.264. The highest BCUT2D eigenvalue weighted by atomic mass is 32.2. The SMILES string of the molecule is CCN(CC)S(=O)(=O)c1ccc(C(=O)Nc2cc(-c3cccs3)nn2-c2nc(-c3ccccc3)cc(=O)[nH]2)cc1. The molecule has 0 unspecified atom stereocenters. The fraction of sp³-hybridized carbons (Fsp3) is 0.143. The van der Waals surface area contributed by atoms with Crippen LogP contribution in [0, 0.1) is 0 Å². The lowest BCUT2D eigenvalue weighted by Gasteiger charge is -2.18. The first-order chi connectivity index (χ1) is 19.3. The van der Waals surface area contributed by atoms with Crippen LogP contribution in [-0.2, 0) is 10.0 Å². The number of nitrogens with zero attached hydrogens (tertiary/aromatic N) is 4. The number of aromatic nitrogens is 4. The van der Waals surface area contributed by atoms with Crippen molar-refractivity contribution in [2.24, 2.45) is 0 Å². The second-order valence-electron chi connectivity index (χ2n) is 8.69. The predicted molar refractivity (Wildman–Crippen MR) is 155 cm³/mol. The Morgan fingerprint density at radius 3 is 2.35 bits per heavy atom. The Kier molecular flexibility index (Phi) is 7.74. The molecule has 0 saturated heterocycles. The minimum atomic E-state index is -3.65. The van der Waals surface area contributed by atoms with Gasteiger partial charge in [-0.3, -0.25) is 14.6 Å². The van der Waals surface area contributed by atoms with Crippen LogP contribution in [0.1, 0.15) is 24.2 Å². The molecule has 0 bridgehead atoms. The zero-order chi connectivity index (χ0) is 28.3. The molecule has 0 aliphatic carbocycles. The molecule has 40 heavy (non-hydrogen) atoms. The molecule has 12 heteroatoms. The van der Waals surface area contributed by atoms with Crippen LogP contribution >= 0.6 is 11.3 Å². The molecule has 1 amide bonds. The third-order valence-corrected chi connectivity index (χ3v) is 9.14. The Morgan fingerprint density at radius 2 is 1.70 bits per heavy atom. The molecule has 204 valence electrons. The molecular formula is C28H26N6O4S2. The van der Waals surface area contributed by atoms with Gasteiger partial charge in [0.05, 0.1) is 15.5 Å². The average molecular weight is 575 g/mol. The van der Waals surface area contributed by atoms with Crippen molar-refractivity contribution < 1.29 is 13.2 Å². The summed E-state index contributed by atoms with van der Waals surface area (Å²) in [5, 5.41) is 9.37. The number of thiophene rings is 1. The Labute approximate surface area is 235 Å². The lowest BCUT2D eigenvalue weighted by molar-refractivity contribution is 0.102. The monoisotopic (exact) mass is 574 g/mol. The van der Waals surface area contributed by atoms with Crippen LogP contribution in [0.4, 0.5) is 5.82 Å². The Hall–Kier alpha value is -4.39. The van der Waals surface area contributed by atoms with Crippen LogP contribution in [0.15, 0.2) is 93.9 Å². The molecule has 10 nitrogen and oxygen atoms in total. The van der Waals surface area contributed by atoms with E-state index in [1.165, 1.54) is 50.7 Å². The van der Waals surface area contributed by atoms with Gasteiger partial charge in [-0.15, -0.1) is 11.3 Å². The summed E-state index contributed by atoms with van der Waals surface area (Å²) in [7, 11) is -3.65. The van der Waals surface area contributed by atoms with Crippen molar-refractivity contribution in [1.82, 2.24) is 24.1 Å². The van der Waals surface area contributed by atoms with E-state index in [4.69, 9.17) is 0 Å². The van der Waals surface area contributed by atoms with Gasteiger partial charge in [0.15, 0.2) is 0 Å². The molecule has 0 radical (unpaired) electrons. The van der Waals surface area contributed by atoms with E-state index in [-0.39, 0.29) is 27.8 Å². The first kappa shape index (κ1) is 27.2. The van der Waals surface area contributed by atoms with E-state index in [9.17, 15) is 18.0 Å². The molecule has 0 fully saturated rings. The number of rotatable bonds is 9. The van der Waals surface area contributed by atoms with E-state index in [1.807, 2.05) is 47.8 Å². The molecule has 5 rings (SSSR count). The van der Waals surface area contributed by atoms with Crippen LogP contribution in [0.3, 0.4) is 0 Å². The predicted octanol–water partition coefficient (Wildman–Crippen LogP) is 4.63. The zero-order valence-electron chi connectivity index (χ0n) is 21.7. The largest absolute Gasteiger partial charge is 0.306 e. The second-order valence-corrected chi connectivity index (χ2v) is 11.6. The van der Waals surface area contributed by atoms with Gasteiger partial charge in [0.25, 0.3) is 11.5 Å². The molecule has 0 spiro atoms. The molecule has 0 atom stereocenters. The van der Waals surface area contributed by atoms with Crippen molar-refractivity contribution in [2.75, 3.05) is 18.4 Å². The Morgan fingerprint density at radius 1 is 0.975 bits per heavy atom. The number of nitrogens with one attached hydrogen (secondary N) is 2. The van der Waals surface area contributed by atoms with Gasteiger partial charge in [-0.2, -0.15) is 14.1 Å². The molecule has 0 aliphatic heterocycles. The zero-order valence-corrected chi connectivity index (χ0v) is 23.4. The standard InChI is InChI=1S/C28H26N6O4S2/c1-3-33(4-2)40(37,38)21-14-12-20(13-15-21)27(36)30-25-17-23(24-11-8-16-39-24)32-34(25)28-29-22(18-26(35)31-28)19-9-6-5-7-10-19/h5-18H,3-4H2,1-2H3,(H,30,36)(H,29,31,35). The number of amides is 1. The third kappa shape index (κ3) is 5.50. The van der Waals surface area contributed by atoms with Crippen LogP contribution in [0.2, 0.25) is 0 Å². The lowest BCUT2D eigenvalue weighted by Crippen LogP contribution is -2.30. The van der Waals surface area contributed by atoms with Crippen LogP contribution < -0.4 is 10.9 Å². The average Bonchev–Trinajstić information content (AvgIpc) is 3.64. The second kappa shape index (κ2) is 11.4. The maximum absolute atomic E-state index is 13.3. The van der Waals surface area contributed by atoms with Crippen LogP contribution in [0.5, 0.6) is 0 Å². The number of hydrogen-bond acceptors (Lipinski definition) is 7. The summed E-state index contributed by atoms with van der Waals surface area (Å²) in [5.74, 6) is -0.0704. The van der Waals surface area contributed by atoms with E-state index < -0.39 is 15.9 Å². The number of benzene rings is 2. The van der Waals surface area contributed by atoms with Gasteiger partial charge in [0.2, 0.25) is 16.0 Å². The molecule has 3 aromatic heterocycles.